The summed E-state index contributed by atoms with van der Waals surface area (Å²) >= 11 is 6.17. The second-order valence-corrected chi connectivity index (χ2v) is 6.23. The number of likely N-dealkylation sites (tertiary alicyclic amines) is 1. The molecule has 4 heteroatoms. The minimum absolute atomic E-state index is 0.0880. The molecule has 1 aliphatic heterocycles. The van der Waals surface area contributed by atoms with Crippen molar-refractivity contribution in [1.29, 1.82) is 0 Å². The molecular weight excluding hydrogens is 262 g/mol. The smallest absolute Gasteiger partial charge is 0.307 e. The van der Waals surface area contributed by atoms with Crippen molar-refractivity contribution in [3.8, 4) is 0 Å². The quantitative estimate of drug-likeness (QED) is 0.925. The van der Waals surface area contributed by atoms with E-state index < -0.39 is 5.97 Å². The van der Waals surface area contributed by atoms with Crippen LogP contribution in [-0.4, -0.2) is 29.1 Å². The molecule has 1 saturated carbocycles. The molecule has 0 bridgehead atoms. The molecule has 3 nitrogen and oxygen atoms in total. The van der Waals surface area contributed by atoms with Gasteiger partial charge in [-0.25, -0.2) is 0 Å². The maximum atomic E-state index is 11.0. The minimum atomic E-state index is -0.612. The van der Waals surface area contributed by atoms with Crippen molar-refractivity contribution in [3.05, 3.63) is 34.9 Å². The van der Waals surface area contributed by atoms with Crippen LogP contribution in [0.15, 0.2) is 24.3 Å². The third-order valence-electron chi connectivity index (χ3n) is 4.69. The van der Waals surface area contributed by atoms with Crippen LogP contribution in [0.1, 0.15) is 24.8 Å². The van der Waals surface area contributed by atoms with E-state index in [2.05, 4.69) is 11.0 Å². The van der Waals surface area contributed by atoms with E-state index in [1.807, 2.05) is 18.2 Å². The van der Waals surface area contributed by atoms with E-state index in [1.165, 1.54) is 0 Å². The first-order valence-electron chi connectivity index (χ1n) is 6.79. The zero-order valence-corrected chi connectivity index (χ0v) is 11.6. The van der Waals surface area contributed by atoms with Crippen LogP contribution in [0.2, 0.25) is 5.02 Å². The summed E-state index contributed by atoms with van der Waals surface area (Å²) in [6.07, 6.45) is 2.89. The van der Waals surface area contributed by atoms with E-state index in [-0.39, 0.29) is 11.3 Å². The van der Waals surface area contributed by atoms with Crippen molar-refractivity contribution >= 4 is 17.6 Å². The van der Waals surface area contributed by atoms with Crippen LogP contribution in [-0.2, 0) is 11.3 Å². The summed E-state index contributed by atoms with van der Waals surface area (Å²) in [5.41, 5.74) is 1.27. The Morgan fingerprint density at radius 2 is 2.05 bits per heavy atom. The number of hydrogen-bond donors (Lipinski definition) is 1. The summed E-state index contributed by atoms with van der Waals surface area (Å²) in [7, 11) is 0. The van der Waals surface area contributed by atoms with Crippen molar-refractivity contribution in [2.24, 2.45) is 11.3 Å². The number of halogens is 1. The molecule has 1 heterocycles. The van der Waals surface area contributed by atoms with Crippen LogP contribution in [0.3, 0.4) is 0 Å². The third kappa shape index (κ3) is 2.49. The first-order chi connectivity index (χ1) is 9.11. The zero-order chi connectivity index (χ0) is 13.5. The Balaban J connectivity index is 1.57. The summed E-state index contributed by atoms with van der Waals surface area (Å²) in [6.45, 7) is 2.83. The van der Waals surface area contributed by atoms with Crippen LogP contribution in [0.25, 0.3) is 0 Å². The van der Waals surface area contributed by atoms with Gasteiger partial charge in [0.2, 0.25) is 0 Å². The van der Waals surface area contributed by atoms with E-state index in [0.29, 0.717) is 0 Å². The molecule has 1 saturated heterocycles. The number of hydrogen-bond acceptors (Lipinski definition) is 2. The summed E-state index contributed by atoms with van der Waals surface area (Å²) in [4.78, 5) is 13.4. The lowest BCUT2D eigenvalue weighted by Crippen LogP contribution is -2.35. The molecule has 1 aromatic rings. The molecule has 0 amide bonds. The number of piperidine rings is 1. The highest BCUT2D eigenvalue weighted by Gasteiger charge is 2.58. The van der Waals surface area contributed by atoms with Crippen LogP contribution in [0.5, 0.6) is 0 Å². The van der Waals surface area contributed by atoms with Gasteiger partial charge in [0.05, 0.1) is 5.92 Å². The molecule has 1 spiro atoms. The first kappa shape index (κ1) is 12.9. The molecule has 1 aromatic carbocycles. The van der Waals surface area contributed by atoms with Gasteiger partial charge in [-0.3, -0.25) is 9.69 Å². The second kappa shape index (κ2) is 4.80. The normalized spacial score (nSPS) is 25.4. The Labute approximate surface area is 118 Å². The van der Waals surface area contributed by atoms with E-state index in [1.54, 1.807) is 0 Å². The van der Waals surface area contributed by atoms with Gasteiger partial charge < -0.3 is 5.11 Å². The van der Waals surface area contributed by atoms with Gasteiger partial charge in [-0.15, -0.1) is 0 Å². The van der Waals surface area contributed by atoms with Gasteiger partial charge in [0.15, 0.2) is 0 Å². The molecule has 1 atom stereocenters. The van der Waals surface area contributed by atoms with Crippen molar-refractivity contribution in [1.82, 2.24) is 4.90 Å². The van der Waals surface area contributed by atoms with Gasteiger partial charge in [0.1, 0.15) is 0 Å². The maximum absolute atomic E-state index is 11.0. The van der Waals surface area contributed by atoms with Crippen LogP contribution in [0.4, 0.5) is 0 Å². The highest BCUT2D eigenvalue weighted by atomic mass is 35.5. The van der Waals surface area contributed by atoms with Gasteiger partial charge in [-0.2, -0.15) is 0 Å². The lowest BCUT2D eigenvalue weighted by molar-refractivity contribution is -0.139. The highest BCUT2D eigenvalue weighted by molar-refractivity contribution is 6.31. The van der Waals surface area contributed by atoms with Crippen molar-refractivity contribution in [3.63, 3.8) is 0 Å². The summed E-state index contributed by atoms with van der Waals surface area (Å²) in [5, 5.41) is 9.89. The van der Waals surface area contributed by atoms with Crippen LogP contribution in [0, 0.1) is 11.3 Å². The topological polar surface area (TPSA) is 40.5 Å². The van der Waals surface area contributed by atoms with Gasteiger partial charge >= 0.3 is 5.97 Å². The van der Waals surface area contributed by atoms with Crippen LogP contribution < -0.4 is 0 Å². The Hall–Kier alpha value is -1.06. The average molecular weight is 280 g/mol. The fraction of sp³-hybridized carbons (Fsp3) is 0.533. The number of aliphatic carboxylic acids is 1. The SMILES string of the molecule is O=C(O)C1CC12CCN(Cc1ccccc1Cl)CC2. The van der Waals surface area contributed by atoms with Gasteiger partial charge in [-0.1, -0.05) is 29.8 Å². The van der Waals surface area contributed by atoms with E-state index in [4.69, 9.17) is 16.7 Å². The molecular formula is C15H18ClNO2. The highest BCUT2D eigenvalue weighted by Crippen LogP contribution is 2.59. The molecule has 2 aliphatic rings. The largest absolute Gasteiger partial charge is 0.481 e. The van der Waals surface area contributed by atoms with Crippen LogP contribution >= 0.6 is 11.6 Å². The molecule has 1 N–H and O–H groups in total. The number of benzene rings is 1. The minimum Gasteiger partial charge on any atom is -0.481 e. The summed E-state index contributed by atoms with van der Waals surface area (Å²) in [5.74, 6) is -0.700. The van der Waals surface area contributed by atoms with Crippen molar-refractivity contribution < 1.29 is 9.90 Å². The molecule has 0 radical (unpaired) electrons. The Bertz CT molecular complexity index is 495. The average Bonchev–Trinajstić information content (AvgIpc) is 3.10. The van der Waals surface area contributed by atoms with E-state index in [0.717, 1.165) is 49.5 Å². The monoisotopic (exact) mass is 279 g/mol. The number of rotatable bonds is 3. The lowest BCUT2D eigenvalue weighted by Gasteiger charge is -2.32. The molecule has 2 fully saturated rings. The van der Waals surface area contributed by atoms with Crippen molar-refractivity contribution in [2.75, 3.05) is 13.1 Å². The number of carbonyl (C=O) groups is 1. The number of nitrogens with zero attached hydrogens (tertiary/aromatic N) is 1. The fourth-order valence-electron chi connectivity index (χ4n) is 3.27. The first-order valence-corrected chi connectivity index (χ1v) is 7.17. The van der Waals surface area contributed by atoms with Gasteiger partial charge in [0, 0.05) is 11.6 Å². The standard InChI is InChI=1S/C15H18ClNO2/c16-13-4-2-1-3-11(13)10-17-7-5-15(6-8-17)9-12(15)14(18)19/h1-4,12H,5-10H2,(H,18,19). The lowest BCUT2D eigenvalue weighted by atomic mass is 9.90. The molecule has 102 valence electrons. The fourth-order valence-corrected chi connectivity index (χ4v) is 3.47. The Kier molecular flexibility index (Phi) is 3.27. The predicted octanol–water partition coefficient (Wildman–Crippen LogP) is 3.03. The Morgan fingerprint density at radius 1 is 1.37 bits per heavy atom. The predicted molar refractivity (Wildman–Crippen MR) is 74.1 cm³/mol. The molecule has 3 rings (SSSR count). The zero-order valence-electron chi connectivity index (χ0n) is 10.8. The van der Waals surface area contributed by atoms with Gasteiger partial charge in [-0.05, 0) is 49.4 Å². The molecule has 1 unspecified atom stereocenters. The molecule has 0 aromatic heterocycles. The van der Waals surface area contributed by atoms with E-state index >= 15 is 0 Å². The van der Waals surface area contributed by atoms with E-state index in [9.17, 15) is 4.79 Å². The maximum Gasteiger partial charge on any atom is 0.307 e. The molecule has 19 heavy (non-hydrogen) atoms. The molecule has 1 aliphatic carbocycles. The number of carboxylic acids is 1. The second-order valence-electron chi connectivity index (χ2n) is 5.82. The third-order valence-corrected chi connectivity index (χ3v) is 5.06. The summed E-state index contributed by atoms with van der Waals surface area (Å²) < 4.78 is 0. The van der Waals surface area contributed by atoms with Crippen molar-refractivity contribution in [2.45, 2.75) is 25.8 Å². The summed E-state index contributed by atoms with van der Waals surface area (Å²) in [6, 6.07) is 7.93. The van der Waals surface area contributed by atoms with Gasteiger partial charge in [0.25, 0.3) is 0 Å². The number of carboxylic acid groups (broad SMARTS) is 1. The Morgan fingerprint density at radius 3 is 2.63 bits per heavy atom.